The van der Waals surface area contributed by atoms with E-state index in [1.807, 2.05) is 0 Å². The van der Waals surface area contributed by atoms with E-state index in [1.165, 1.54) is 29.5 Å². The van der Waals surface area contributed by atoms with Gasteiger partial charge >= 0.3 is 0 Å². The first kappa shape index (κ1) is 11.3. The number of nitrogens with zero attached hydrogens (tertiary/aromatic N) is 2. The van der Waals surface area contributed by atoms with Gasteiger partial charge in [0.25, 0.3) is 5.19 Å². The van der Waals surface area contributed by atoms with Crippen molar-refractivity contribution < 1.29 is 9.13 Å². The highest BCUT2D eigenvalue weighted by Gasteiger charge is 2.08. The number of rotatable bonds is 3. The highest BCUT2D eigenvalue weighted by atomic mass is 35.5. The highest BCUT2D eigenvalue weighted by molar-refractivity contribution is 7.13. The molecule has 1 aromatic carbocycles. The fourth-order valence-electron chi connectivity index (χ4n) is 1.01. The van der Waals surface area contributed by atoms with Gasteiger partial charge in [-0.15, -0.1) is 5.10 Å². The Balaban J connectivity index is 2.20. The Bertz CT molecular complexity index is 505. The molecule has 0 radical (unpaired) electrons. The molecule has 4 nitrogen and oxygen atoms in total. The van der Waals surface area contributed by atoms with E-state index in [9.17, 15) is 4.39 Å². The number of ether oxygens (including phenoxy) is 1. The summed E-state index contributed by atoms with van der Waals surface area (Å²) < 4.78 is 18.1. The predicted molar refractivity (Wildman–Crippen MR) is 59.3 cm³/mol. The summed E-state index contributed by atoms with van der Waals surface area (Å²) in [7, 11) is 0. The van der Waals surface area contributed by atoms with Crippen LogP contribution in [0.25, 0.3) is 0 Å². The molecule has 0 unspecified atom stereocenters. The smallest absolute Gasteiger partial charge is 0.299 e. The summed E-state index contributed by atoms with van der Waals surface area (Å²) in [5, 5.41) is 8.71. The van der Waals surface area contributed by atoms with E-state index < -0.39 is 5.82 Å². The van der Waals surface area contributed by atoms with Gasteiger partial charge in [-0.05, 0) is 18.2 Å². The minimum atomic E-state index is -0.419. The summed E-state index contributed by atoms with van der Waals surface area (Å²) in [5.74, 6) is -0.0833. The highest BCUT2D eigenvalue weighted by Crippen LogP contribution is 2.31. The van der Waals surface area contributed by atoms with Crippen molar-refractivity contribution in [2.45, 2.75) is 6.54 Å². The Kier molecular flexibility index (Phi) is 3.33. The van der Waals surface area contributed by atoms with Gasteiger partial charge in [0.2, 0.25) is 0 Å². The lowest BCUT2D eigenvalue weighted by atomic mass is 10.3. The molecule has 0 fully saturated rings. The van der Waals surface area contributed by atoms with Crippen molar-refractivity contribution in [3.63, 3.8) is 0 Å². The number of aromatic nitrogens is 2. The van der Waals surface area contributed by atoms with Gasteiger partial charge in [-0.2, -0.15) is 0 Å². The molecule has 2 aromatic rings. The second kappa shape index (κ2) is 4.73. The first-order chi connectivity index (χ1) is 7.69. The standard InChI is InChI=1S/C9H7ClFN3OS/c10-6-3-5(11)1-2-7(6)15-9-14-13-8(4-12)16-9/h1-3H,4,12H2. The van der Waals surface area contributed by atoms with Crippen molar-refractivity contribution in [3.05, 3.63) is 34.0 Å². The number of nitrogens with two attached hydrogens (primary N) is 1. The third kappa shape index (κ3) is 2.46. The van der Waals surface area contributed by atoms with Crippen molar-refractivity contribution >= 4 is 22.9 Å². The predicted octanol–water partition coefficient (Wildman–Crippen LogP) is 2.58. The van der Waals surface area contributed by atoms with Crippen molar-refractivity contribution in [3.8, 4) is 10.9 Å². The molecule has 1 heterocycles. The summed E-state index contributed by atoms with van der Waals surface area (Å²) in [6.45, 7) is 0.304. The molecule has 0 saturated heterocycles. The molecular formula is C9H7ClFN3OS. The molecule has 2 rings (SSSR count). The summed E-state index contributed by atoms with van der Waals surface area (Å²) in [5.41, 5.74) is 5.38. The van der Waals surface area contributed by atoms with Crippen LogP contribution < -0.4 is 10.5 Å². The number of hydrogen-bond acceptors (Lipinski definition) is 5. The van der Waals surface area contributed by atoms with Crippen LogP contribution in [0.3, 0.4) is 0 Å². The molecule has 0 spiro atoms. The third-order valence-electron chi connectivity index (χ3n) is 1.71. The zero-order valence-corrected chi connectivity index (χ0v) is 9.56. The molecule has 0 atom stereocenters. The van der Waals surface area contributed by atoms with Crippen LogP contribution in [0.15, 0.2) is 18.2 Å². The Hall–Kier alpha value is -1.24. The van der Waals surface area contributed by atoms with Crippen LogP contribution in [0.2, 0.25) is 5.02 Å². The lowest BCUT2D eigenvalue weighted by molar-refractivity contribution is 0.471. The minimum Gasteiger partial charge on any atom is -0.428 e. The Morgan fingerprint density at radius 1 is 1.44 bits per heavy atom. The molecule has 16 heavy (non-hydrogen) atoms. The largest absolute Gasteiger partial charge is 0.428 e. The van der Waals surface area contributed by atoms with E-state index in [2.05, 4.69) is 10.2 Å². The van der Waals surface area contributed by atoms with E-state index in [0.29, 0.717) is 22.5 Å². The van der Waals surface area contributed by atoms with Gasteiger partial charge in [-0.1, -0.05) is 28.0 Å². The Morgan fingerprint density at radius 3 is 2.88 bits per heavy atom. The molecule has 0 aliphatic carbocycles. The normalized spacial score (nSPS) is 10.4. The molecule has 0 aliphatic heterocycles. The maximum Gasteiger partial charge on any atom is 0.299 e. The van der Waals surface area contributed by atoms with Gasteiger partial charge in [-0.25, -0.2) is 4.39 Å². The second-order valence-corrected chi connectivity index (χ2v) is 4.27. The zero-order chi connectivity index (χ0) is 11.5. The monoisotopic (exact) mass is 259 g/mol. The second-order valence-electron chi connectivity index (χ2n) is 2.84. The first-order valence-electron chi connectivity index (χ1n) is 4.34. The topological polar surface area (TPSA) is 61.0 Å². The van der Waals surface area contributed by atoms with E-state index in [-0.39, 0.29) is 5.02 Å². The molecule has 0 amide bonds. The maximum absolute atomic E-state index is 12.8. The molecule has 1 aromatic heterocycles. The minimum absolute atomic E-state index is 0.185. The molecule has 0 saturated carbocycles. The van der Waals surface area contributed by atoms with Gasteiger partial charge < -0.3 is 10.5 Å². The molecule has 2 N–H and O–H groups in total. The lowest BCUT2D eigenvalue weighted by Crippen LogP contribution is -1.94. The summed E-state index contributed by atoms with van der Waals surface area (Å²) in [6.07, 6.45) is 0. The maximum atomic E-state index is 12.8. The average Bonchev–Trinajstić information content (AvgIpc) is 2.70. The van der Waals surface area contributed by atoms with Gasteiger partial charge in [0, 0.05) is 6.54 Å². The van der Waals surface area contributed by atoms with Crippen molar-refractivity contribution in [1.82, 2.24) is 10.2 Å². The van der Waals surface area contributed by atoms with Crippen LogP contribution in [0.1, 0.15) is 5.01 Å². The summed E-state index contributed by atoms with van der Waals surface area (Å²) in [4.78, 5) is 0. The van der Waals surface area contributed by atoms with E-state index in [1.54, 1.807) is 0 Å². The van der Waals surface area contributed by atoms with Crippen LogP contribution in [-0.4, -0.2) is 10.2 Å². The fourth-order valence-corrected chi connectivity index (χ4v) is 1.80. The molecule has 0 aliphatic rings. The number of hydrogen-bond donors (Lipinski definition) is 1. The van der Waals surface area contributed by atoms with Crippen LogP contribution in [0.4, 0.5) is 4.39 Å². The summed E-state index contributed by atoms with van der Waals surface area (Å²) >= 11 is 7.01. The molecule has 7 heteroatoms. The van der Waals surface area contributed by atoms with E-state index >= 15 is 0 Å². The van der Waals surface area contributed by atoms with Gasteiger partial charge in [-0.3, -0.25) is 0 Å². The molecular weight excluding hydrogens is 253 g/mol. The van der Waals surface area contributed by atoms with Crippen LogP contribution in [0.5, 0.6) is 10.9 Å². The first-order valence-corrected chi connectivity index (χ1v) is 5.54. The van der Waals surface area contributed by atoms with Crippen molar-refractivity contribution in [1.29, 1.82) is 0 Å². The van der Waals surface area contributed by atoms with Crippen molar-refractivity contribution in [2.24, 2.45) is 5.73 Å². The van der Waals surface area contributed by atoms with Gasteiger partial charge in [0.1, 0.15) is 16.6 Å². The Morgan fingerprint density at radius 2 is 2.25 bits per heavy atom. The van der Waals surface area contributed by atoms with Crippen molar-refractivity contribution in [2.75, 3.05) is 0 Å². The van der Waals surface area contributed by atoms with Crippen LogP contribution >= 0.6 is 22.9 Å². The van der Waals surface area contributed by atoms with Gasteiger partial charge in [0.05, 0.1) is 5.02 Å². The lowest BCUT2D eigenvalue weighted by Gasteiger charge is -2.02. The molecule has 0 bridgehead atoms. The van der Waals surface area contributed by atoms with E-state index in [4.69, 9.17) is 22.1 Å². The summed E-state index contributed by atoms with van der Waals surface area (Å²) in [6, 6.07) is 3.86. The van der Waals surface area contributed by atoms with Crippen LogP contribution in [0, 0.1) is 5.82 Å². The average molecular weight is 260 g/mol. The van der Waals surface area contributed by atoms with E-state index in [0.717, 1.165) is 0 Å². The fraction of sp³-hybridized carbons (Fsp3) is 0.111. The molecule has 84 valence electrons. The number of benzene rings is 1. The van der Waals surface area contributed by atoms with Crippen LogP contribution in [-0.2, 0) is 6.54 Å². The Labute approximate surface area is 99.8 Å². The number of halogens is 2. The SMILES string of the molecule is NCc1nnc(Oc2ccc(F)cc2Cl)s1. The zero-order valence-electron chi connectivity index (χ0n) is 7.98. The third-order valence-corrected chi connectivity index (χ3v) is 2.83. The quantitative estimate of drug-likeness (QED) is 0.920. The van der Waals surface area contributed by atoms with Gasteiger partial charge in [0.15, 0.2) is 0 Å².